The molecule has 1 rings (SSSR count). The predicted octanol–water partition coefficient (Wildman–Crippen LogP) is -0.0292. The van der Waals surface area contributed by atoms with Crippen molar-refractivity contribution < 1.29 is 20.1 Å². The van der Waals surface area contributed by atoms with E-state index in [2.05, 4.69) is 5.32 Å². The molecule has 2 atom stereocenters. The van der Waals surface area contributed by atoms with E-state index < -0.39 is 18.2 Å². The molecule has 0 fully saturated rings. The summed E-state index contributed by atoms with van der Waals surface area (Å²) in [5.74, 6) is -1.10. The molecule has 0 aliphatic carbocycles. The molecule has 2 unspecified atom stereocenters. The first-order chi connectivity index (χ1) is 8.47. The molecule has 1 aromatic carbocycles. The topological polar surface area (TPSA) is 116 Å². The quantitative estimate of drug-likeness (QED) is 0.455. The highest BCUT2D eigenvalue weighted by Gasteiger charge is 2.21. The second kappa shape index (κ2) is 6.34. The van der Waals surface area contributed by atoms with Gasteiger partial charge in [-0.15, -0.1) is 0 Å². The Balaban J connectivity index is 2.93. The monoisotopic (exact) mass is 254 g/mol. The van der Waals surface area contributed by atoms with Gasteiger partial charge < -0.3 is 26.4 Å². The van der Waals surface area contributed by atoms with Crippen LogP contribution in [0.4, 0.5) is 5.69 Å². The van der Waals surface area contributed by atoms with Crippen molar-refractivity contribution >= 4 is 11.7 Å². The molecule has 0 aromatic heterocycles. The van der Waals surface area contributed by atoms with Crippen LogP contribution in [0.1, 0.15) is 28.4 Å². The fourth-order valence-corrected chi connectivity index (χ4v) is 1.62. The van der Waals surface area contributed by atoms with E-state index in [0.717, 1.165) is 0 Å². The van der Waals surface area contributed by atoms with Crippen LogP contribution in [-0.4, -0.2) is 41.0 Å². The van der Waals surface area contributed by atoms with Crippen molar-refractivity contribution in [3.63, 3.8) is 0 Å². The number of aliphatic hydroxyl groups is 2. The Kier molecular flexibility index (Phi) is 5.08. The maximum atomic E-state index is 10.8. The Bertz CT molecular complexity index is 423. The van der Waals surface area contributed by atoms with Gasteiger partial charge >= 0.3 is 5.97 Å². The van der Waals surface area contributed by atoms with Gasteiger partial charge in [0.1, 0.15) is 6.10 Å². The number of hydrogen-bond donors (Lipinski definition) is 5. The molecule has 0 radical (unpaired) electrons. The highest BCUT2D eigenvalue weighted by Crippen LogP contribution is 2.25. The highest BCUT2D eigenvalue weighted by atomic mass is 16.4. The standard InChI is InChI=1S/C12H18N2O4/c1-14-5-4-10(15)11(16)8-6-7(12(17)18)2-3-9(8)13/h2-3,6,10-11,14-16H,4-5,13H2,1H3,(H,17,18). The summed E-state index contributed by atoms with van der Waals surface area (Å²) < 4.78 is 0. The molecule has 0 bridgehead atoms. The van der Waals surface area contributed by atoms with Gasteiger partial charge in [-0.3, -0.25) is 0 Å². The zero-order chi connectivity index (χ0) is 13.7. The van der Waals surface area contributed by atoms with E-state index in [1.807, 2.05) is 0 Å². The molecule has 0 aliphatic heterocycles. The summed E-state index contributed by atoms with van der Waals surface area (Å²) >= 11 is 0. The van der Waals surface area contributed by atoms with E-state index in [-0.39, 0.29) is 16.8 Å². The number of carbonyl (C=O) groups is 1. The Labute approximate surface area is 105 Å². The third kappa shape index (κ3) is 3.43. The average Bonchev–Trinajstić information content (AvgIpc) is 2.35. The van der Waals surface area contributed by atoms with E-state index in [4.69, 9.17) is 10.8 Å². The van der Waals surface area contributed by atoms with Crippen LogP contribution in [0.25, 0.3) is 0 Å². The van der Waals surface area contributed by atoms with Crippen LogP contribution >= 0.6 is 0 Å². The lowest BCUT2D eigenvalue weighted by Crippen LogP contribution is -2.24. The van der Waals surface area contributed by atoms with Gasteiger partial charge in [0.25, 0.3) is 0 Å². The number of rotatable bonds is 6. The summed E-state index contributed by atoms with van der Waals surface area (Å²) in [7, 11) is 1.73. The third-order valence-electron chi connectivity index (χ3n) is 2.71. The van der Waals surface area contributed by atoms with E-state index >= 15 is 0 Å². The van der Waals surface area contributed by atoms with Gasteiger partial charge in [0.05, 0.1) is 11.7 Å². The molecule has 0 saturated carbocycles. The second-order valence-electron chi connectivity index (χ2n) is 4.05. The number of nitrogens with two attached hydrogens (primary N) is 1. The predicted molar refractivity (Wildman–Crippen MR) is 67.3 cm³/mol. The first-order valence-corrected chi connectivity index (χ1v) is 5.60. The lowest BCUT2D eigenvalue weighted by molar-refractivity contribution is 0.0144. The largest absolute Gasteiger partial charge is 0.478 e. The number of carboxylic acid groups (broad SMARTS) is 1. The lowest BCUT2D eigenvalue weighted by atomic mass is 9.98. The third-order valence-corrected chi connectivity index (χ3v) is 2.71. The molecule has 1 aromatic rings. The van der Waals surface area contributed by atoms with Crippen LogP contribution < -0.4 is 11.1 Å². The zero-order valence-electron chi connectivity index (χ0n) is 10.1. The van der Waals surface area contributed by atoms with Crippen LogP contribution in [0, 0.1) is 0 Å². The molecule has 100 valence electrons. The van der Waals surface area contributed by atoms with E-state index in [1.54, 1.807) is 7.05 Å². The molecular weight excluding hydrogens is 236 g/mol. The van der Waals surface area contributed by atoms with Gasteiger partial charge in [0.15, 0.2) is 0 Å². The maximum absolute atomic E-state index is 10.8. The van der Waals surface area contributed by atoms with E-state index in [9.17, 15) is 15.0 Å². The molecule has 0 heterocycles. The van der Waals surface area contributed by atoms with Crippen LogP contribution in [0.2, 0.25) is 0 Å². The van der Waals surface area contributed by atoms with Gasteiger partial charge in [-0.25, -0.2) is 4.79 Å². The number of anilines is 1. The minimum atomic E-state index is -1.20. The summed E-state index contributed by atoms with van der Waals surface area (Å²) in [5.41, 5.74) is 6.20. The van der Waals surface area contributed by atoms with Crippen molar-refractivity contribution in [1.82, 2.24) is 5.32 Å². The van der Waals surface area contributed by atoms with Crippen molar-refractivity contribution in [1.29, 1.82) is 0 Å². The van der Waals surface area contributed by atoms with Gasteiger partial charge in [-0.2, -0.15) is 0 Å². The van der Waals surface area contributed by atoms with Crippen molar-refractivity contribution in [3.8, 4) is 0 Å². The Morgan fingerprint density at radius 1 is 1.44 bits per heavy atom. The molecule has 0 aliphatic rings. The van der Waals surface area contributed by atoms with Crippen molar-refractivity contribution in [3.05, 3.63) is 29.3 Å². The number of aliphatic hydroxyl groups excluding tert-OH is 2. The number of nitrogen functional groups attached to an aromatic ring is 1. The summed E-state index contributed by atoms with van der Waals surface area (Å²) in [4.78, 5) is 10.8. The Hall–Kier alpha value is -1.63. The number of nitrogens with one attached hydrogen (secondary N) is 1. The molecule has 6 N–H and O–H groups in total. The number of hydrogen-bond acceptors (Lipinski definition) is 5. The van der Waals surface area contributed by atoms with Gasteiger partial charge in [-0.05, 0) is 38.2 Å². The average molecular weight is 254 g/mol. The molecule has 0 amide bonds. The smallest absolute Gasteiger partial charge is 0.335 e. The normalized spacial score (nSPS) is 14.2. The fourth-order valence-electron chi connectivity index (χ4n) is 1.62. The van der Waals surface area contributed by atoms with Crippen LogP contribution in [0.5, 0.6) is 0 Å². The SMILES string of the molecule is CNCCC(O)C(O)c1cc(C(=O)O)ccc1N. The number of aromatic carboxylic acids is 1. The van der Waals surface area contributed by atoms with Crippen molar-refractivity contribution in [2.24, 2.45) is 0 Å². The van der Waals surface area contributed by atoms with Crippen molar-refractivity contribution in [2.75, 3.05) is 19.3 Å². The zero-order valence-corrected chi connectivity index (χ0v) is 10.1. The second-order valence-corrected chi connectivity index (χ2v) is 4.05. The first-order valence-electron chi connectivity index (χ1n) is 5.60. The van der Waals surface area contributed by atoms with Crippen LogP contribution in [-0.2, 0) is 0 Å². The first kappa shape index (κ1) is 14.4. The molecular formula is C12H18N2O4. The lowest BCUT2D eigenvalue weighted by Gasteiger charge is -2.19. The van der Waals surface area contributed by atoms with E-state index in [1.165, 1.54) is 18.2 Å². The van der Waals surface area contributed by atoms with Crippen molar-refractivity contribution in [2.45, 2.75) is 18.6 Å². The number of carboxylic acids is 1. The summed E-state index contributed by atoms with van der Waals surface area (Å²) in [6.45, 7) is 0.538. The molecule has 18 heavy (non-hydrogen) atoms. The Morgan fingerprint density at radius 2 is 2.11 bits per heavy atom. The molecule has 6 nitrogen and oxygen atoms in total. The van der Waals surface area contributed by atoms with Crippen LogP contribution in [0.15, 0.2) is 18.2 Å². The van der Waals surface area contributed by atoms with E-state index in [0.29, 0.717) is 13.0 Å². The minimum Gasteiger partial charge on any atom is -0.478 e. The van der Waals surface area contributed by atoms with Gasteiger partial charge in [0.2, 0.25) is 0 Å². The maximum Gasteiger partial charge on any atom is 0.335 e. The summed E-state index contributed by atoms with van der Waals surface area (Å²) in [6.07, 6.45) is -1.85. The van der Waals surface area contributed by atoms with Gasteiger partial charge in [0, 0.05) is 11.3 Å². The molecule has 0 saturated heterocycles. The molecule has 6 heteroatoms. The minimum absolute atomic E-state index is 0.0269. The fraction of sp³-hybridized carbons (Fsp3) is 0.417. The highest BCUT2D eigenvalue weighted by molar-refractivity contribution is 5.88. The number of benzene rings is 1. The molecule has 0 spiro atoms. The summed E-state index contributed by atoms with van der Waals surface area (Å²) in [5, 5.41) is 31.4. The van der Waals surface area contributed by atoms with Crippen LogP contribution in [0.3, 0.4) is 0 Å². The summed E-state index contributed by atoms with van der Waals surface area (Å²) in [6, 6.07) is 4.05. The van der Waals surface area contributed by atoms with Gasteiger partial charge in [-0.1, -0.05) is 0 Å². The Morgan fingerprint density at radius 3 is 2.67 bits per heavy atom.